The smallest absolute Gasteiger partial charge is 0.243 e. The largest absolute Gasteiger partial charge is 0.352 e. The van der Waals surface area contributed by atoms with Crippen LogP contribution in [0.15, 0.2) is 54.6 Å². The Balaban J connectivity index is 2.13. The van der Waals surface area contributed by atoms with Gasteiger partial charge in [-0.3, -0.25) is 9.59 Å². The average Bonchev–Trinajstić information content (AvgIpc) is 2.68. The van der Waals surface area contributed by atoms with Crippen LogP contribution in [0.5, 0.6) is 0 Å². The van der Waals surface area contributed by atoms with Crippen molar-refractivity contribution in [1.82, 2.24) is 10.2 Å². The third-order valence-electron chi connectivity index (χ3n) is 4.59. The highest BCUT2D eigenvalue weighted by molar-refractivity contribution is 7.99. The SMILES string of the molecule is CC[C@@H](C(=O)NC(C)C)N(Cc1cccc(C)c1)C(=O)CSCc1ccccc1. The van der Waals surface area contributed by atoms with Gasteiger partial charge in [-0.15, -0.1) is 11.8 Å². The molecule has 0 bridgehead atoms. The summed E-state index contributed by atoms with van der Waals surface area (Å²) in [6, 6.07) is 17.8. The Bertz CT molecular complexity index is 792. The van der Waals surface area contributed by atoms with Gasteiger partial charge in [0.1, 0.15) is 6.04 Å². The lowest BCUT2D eigenvalue weighted by atomic mass is 10.1. The molecule has 2 aromatic carbocycles. The molecule has 4 nitrogen and oxygen atoms in total. The average molecular weight is 413 g/mol. The fraction of sp³-hybridized carbons (Fsp3) is 0.417. The maximum Gasteiger partial charge on any atom is 0.243 e. The maximum atomic E-state index is 13.1. The van der Waals surface area contributed by atoms with Crippen LogP contribution >= 0.6 is 11.8 Å². The fourth-order valence-electron chi connectivity index (χ4n) is 3.22. The van der Waals surface area contributed by atoms with Crippen LogP contribution in [0, 0.1) is 6.92 Å². The molecule has 0 fully saturated rings. The van der Waals surface area contributed by atoms with Gasteiger partial charge in [-0.05, 0) is 38.3 Å². The van der Waals surface area contributed by atoms with Crippen molar-refractivity contribution >= 4 is 23.6 Å². The molecule has 2 amide bonds. The molecule has 0 heterocycles. The number of hydrogen-bond acceptors (Lipinski definition) is 3. The Labute approximate surface area is 179 Å². The van der Waals surface area contributed by atoms with Gasteiger partial charge in [0.05, 0.1) is 5.75 Å². The van der Waals surface area contributed by atoms with E-state index in [1.165, 1.54) is 5.56 Å². The van der Waals surface area contributed by atoms with Crippen molar-refractivity contribution in [3.63, 3.8) is 0 Å². The van der Waals surface area contributed by atoms with Crippen LogP contribution in [-0.2, 0) is 21.9 Å². The maximum absolute atomic E-state index is 13.1. The number of amides is 2. The molecule has 0 radical (unpaired) electrons. The zero-order valence-corrected chi connectivity index (χ0v) is 18.7. The summed E-state index contributed by atoms with van der Waals surface area (Å²) in [6.45, 7) is 8.31. The van der Waals surface area contributed by atoms with E-state index in [4.69, 9.17) is 0 Å². The van der Waals surface area contributed by atoms with Gasteiger partial charge in [-0.25, -0.2) is 0 Å². The second-order valence-corrected chi connectivity index (χ2v) is 8.56. The van der Waals surface area contributed by atoms with E-state index in [1.807, 2.05) is 64.1 Å². The van der Waals surface area contributed by atoms with E-state index in [9.17, 15) is 9.59 Å². The van der Waals surface area contributed by atoms with E-state index in [0.717, 1.165) is 16.9 Å². The molecular weight excluding hydrogens is 380 g/mol. The predicted octanol–water partition coefficient (Wildman–Crippen LogP) is 4.56. The zero-order valence-electron chi connectivity index (χ0n) is 17.9. The minimum absolute atomic E-state index is 0.00167. The van der Waals surface area contributed by atoms with Crippen molar-refractivity contribution < 1.29 is 9.59 Å². The lowest BCUT2D eigenvalue weighted by Gasteiger charge is -2.31. The van der Waals surface area contributed by atoms with Crippen LogP contribution in [0.25, 0.3) is 0 Å². The first-order valence-electron chi connectivity index (χ1n) is 10.2. The highest BCUT2D eigenvalue weighted by atomic mass is 32.2. The molecule has 2 rings (SSSR count). The van der Waals surface area contributed by atoms with Gasteiger partial charge >= 0.3 is 0 Å². The monoisotopic (exact) mass is 412 g/mol. The Morgan fingerprint density at radius 2 is 1.72 bits per heavy atom. The van der Waals surface area contributed by atoms with Crippen molar-refractivity contribution in [1.29, 1.82) is 0 Å². The summed E-state index contributed by atoms with van der Waals surface area (Å²) in [4.78, 5) is 27.7. The summed E-state index contributed by atoms with van der Waals surface area (Å²) >= 11 is 1.59. The summed E-state index contributed by atoms with van der Waals surface area (Å²) in [6.07, 6.45) is 0.583. The highest BCUT2D eigenvalue weighted by Gasteiger charge is 2.28. The number of nitrogens with one attached hydrogen (secondary N) is 1. The number of carbonyl (C=O) groups excluding carboxylic acids is 2. The number of aryl methyl sites for hydroxylation is 1. The molecule has 0 aliphatic carbocycles. The molecular formula is C24H32N2O2S. The molecule has 0 saturated heterocycles. The third-order valence-corrected chi connectivity index (χ3v) is 5.58. The Morgan fingerprint density at radius 3 is 2.34 bits per heavy atom. The van der Waals surface area contributed by atoms with Crippen LogP contribution in [0.2, 0.25) is 0 Å². The number of nitrogens with zero attached hydrogens (tertiary/aromatic N) is 1. The Hall–Kier alpha value is -2.27. The Morgan fingerprint density at radius 1 is 1.03 bits per heavy atom. The van der Waals surface area contributed by atoms with Crippen LogP contribution < -0.4 is 5.32 Å². The standard InChI is InChI=1S/C24H32N2O2S/c1-5-22(24(28)25-18(2)3)26(15-21-13-9-10-19(4)14-21)23(27)17-29-16-20-11-7-6-8-12-20/h6-14,18,22H,5,15-17H2,1-4H3,(H,25,28)/t22-/m0/s1. The quantitative estimate of drug-likeness (QED) is 0.622. The van der Waals surface area contributed by atoms with E-state index in [0.29, 0.717) is 18.7 Å². The minimum atomic E-state index is -0.470. The van der Waals surface area contributed by atoms with Gasteiger partial charge < -0.3 is 10.2 Å². The molecule has 156 valence electrons. The van der Waals surface area contributed by atoms with Gasteiger partial charge in [0.2, 0.25) is 11.8 Å². The normalized spacial score (nSPS) is 11.9. The first-order chi connectivity index (χ1) is 13.9. The topological polar surface area (TPSA) is 49.4 Å². The zero-order chi connectivity index (χ0) is 21.2. The summed E-state index contributed by atoms with van der Waals surface area (Å²) in [5.74, 6) is 1.04. The van der Waals surface area contributed by atoms with Crippen LogP contribution in [-0.4, -0.2) is 34.6 Å². The molecule has 0 aliphatic heterocycles. The van der Waals surface area contributed by atoms with Crippen LogP contribution in [0.4, 0.5) is 0 Å². The van der Waals surface area contributed by atoms with Gasteiger partial charge in [0, 0.05) is 18.3 Å². The fourth-order valence-corrected chi connectivity index (χ4v) is 4.09. The molecule has 2 aromatic rings. The predicted molar refractivity (Wildman–Crippen MR) is 122 cm³/mol. The second kappa shape index (κ2) is 11.7. The summed E-state index contributed by atoms with van der Waals surface area (Å²) in [5.41, 5.74) is 3.38. The van der Waals surface area contributed by atoms with Crippen molar-refractivity contribution in [2.75, 3.05) is 5.75 Å². The summed E-state index contributed by atoms with van der Waals surface area (Å²) in [7, 11) is 0. The number of benzene rings is 2. The molecule has 0 aliphatic rings. The molecule has 0 unspecified atom stereocenters. The van der Waals surface area contributed by atoms with Crippen molar-refractivity contribution in [3.05, 3.63) is 71.3 Å². The third kappa shape index (κ3) is 7.58. The molecule has 29 heavy (non-hydrogen) atoms. The number of thioether (sulfide) groups is 1. The summed E-state index contributed by atoms with van der Waals surface area (Å²) in [5, 5.41) is 2.97. The first kappa shape index (κ1) is 23.0. The van der Waals surface area contributed by atoms with Gasteiger partial charge in [0.25, 0.3) is 0 Å². The molecule has 1 N–H and O–H groups in total. The lowest BCUT2D eigenvalue weighted by Crippen LogP contribution is -2.50. The lowest BCUT2D eigenvalue weighted by molar-refractivity contribution is -0.139. The molecule has 0 aromatic heterocycles. The van der Waals surface area contributed by atoms with Gasteiger partial charge in [0.15, 0.2) is 0 Å². The Kier molecular flexibility index (Phi) is 9.26. The molecule has 1 atom stereocenters. The van der Waals surface area contributed by atoms with E-state index in [1.54, 1.807) is 16.7 Å². The van der Waals surface area contributed by atoms with E-state index < -0.39 is 6.04 Å². The van der Waals surface area contributed by atoms with Gasteiger partial charge in [-0.2, -0.15) is 0 Å². The van der Waals surface area contributed by atoms with Crippen molar-refractivity contribution in [3.8, 4) is 0 Å². The second-order valence-electron chi connectivity index (χ2n) is 7.58. The van der Waals surface area contributed by atoms with E-state index in [-0.39, 0.29) is 17.9 Å². The minimum Gasteiger partial charge on any atom is -0.352 e. The van der Waals surface area contributed by atoms with E-state index in [2.05, 4.69) is 23.5 Å². The first-order valence-corrected chi connectivity index (χ1v) is 11.3. The molecule has 0 spiro atoms. The number of carbonyl (C=O) groups is 2. The van der Waals surface area contributed by atoms with Gasteiger partial charge in [-0.1, -0.05) is 67.1 Å². The molecule has 0 saturated carbocycles. The number of rotatable bonds is 10. The summed E-state index contributed by atoms with van der Waals surface area (Å²) < 4.78 is 0. The van der Waals surface area contributed by atoms with Crippen molar-refractivity contribution in [2.45, 2.75) is 58.5 Å². The molecule has 5 heteroatoms. The van der Waals surface area contributed by atoms with Crippen molar-refractivity contribution in [2.24, 2.45) is 0 Å². The number of hydrogen-bond donors (Lipinski definition) is 1. The van der Waals surface area contributed by atoms with E-state index >= 15 is 0 Å². The van der Waals surface area contributed by atoms with Crippen LogP contribution in [0.3, 0.4) is 0 Å². The van der Waals surface area contributed by atoms with Crippen LogP contribution in [0.1, 0.15) is 43.9 Å². The highest BCUT2D eigenvalue weighted by Crippen LogP contribution is 2.18.